The SMILES string of the molecule is CC(O)C(O)CCCCCCCCCCO. The third-order valence-electron chi connectivity index (χ3n) is 2.96. The molecule has 0 spiro atoms. The molecule has 0 fully saturated rings. The topological polar surface area (TPSA) is 60.7 Å². The van der Waals surface area contributed by atoms with Crippen LogP contribution in [0.4, 0.5) is 0 Å². The summed E-state index contributed by atoms with van der Waals surface area (Å²) in [5.74, 6) is 0. The molecule has 2 unspecified atom stereocenters. The first kappa shape index (κ1) is 15.9. The van der Waals surface area contributed by atoms with Crippen LogP contribution in [0, 0.1) is 0 Å². The molecule has 2 atom stereocenters. The first-order chi connectivity index (χ1) is 7.68. The molecule has 0 radical (unpaired) electrons. The minimum absolute atomic E-state index is 0.317. The van der Waals surface area contributed by atoms with Crippen molar-refractivity contribution >= 4 is 0 Å². The van der Waals surface area contributed by atoms with E-state index in [4.69, 9.17) is 10.2 Å². The van der Waals surface area contributed by atoms with Gasteiger partial charge < -0.3 is 15.3 Å². The highest BCUT2D eigenvalue weighted by molar-refractivity contribution is 4.61. The minimum Gasteiger partial charge on any atom is -0.396 e. The Hall–Kier alpha value is -0.120. The second-order valence-electron chi connectivity index (χ2n) is 4.65. The number of aliphatic hydroxyl groups excluding tert-OH is 3. The molecular weight excluding hydrogens is 204 g/mol. The highest BCUT2D eigenvalue weighted by Gasteiger charge is 2.09. The van der Waals surface area contributed by atoms with Gasteiger partial charge in [-0.25, -0.2) is 0 Å². The van der Waals surface area contributed by atoms with E-state index < -0.39 is 12.2 Å². The molecule has 3 nitrogen and oxygen atoms in total. The zero-order chi connectivity index (χ0) is 12.2. The summed E-state index contributed by atoms with van der Waals surface area (Å²) in [6, 6.07) is 0. The predicted molar refractivity (Wildman–Crippen MR) is 66.3 cm³/mol. The second-order valence-corrected chi connectivity index (χ2v) is 4.65. The van der Waals surface area contributed by atoms with Crippen LogP contribution in [-0.2, 0) is 0 Å². The van der Waals surface area contributed by atoms with E-state index >= 15 is 0 Å². The van der Waals surface area contributed by atoms with Gasteiger partial charge in [0.25, 0.3) is 0 Å². The molecule has 0 aliphatic rings. The first-order valence-electron chi connectivity index (χ1n) is 6.65. The summed E-state index contributed by atoms with van der Waals surface area (Å²) in [5, 5.41) is 27.0. The number of hydrogen-bond donors (Lipinski definition) is 3. The molecule has 16 heavy (non-hydrogen) atoms. The van der Waals surface area contributed by atoms with E-state index in [0.717, 1.165) is 25.7 Å². The van der Waals surface area contributed by atoms with Crippen molar-refractivity contribution in [2.75, 3.05) is 6.61 Å². The van der Waals surface area contributed by atoms with Crippen LogP contribution >= 0.6 is 0 Å². The van der Waals surface area contributed by atoms with Crippen molar-refractivity contribution in [3.05, 3.63) is 0 Å². The van der Waals surface area contributed by atoms with Crippen molar-refractivity contribution in [1.29, 1.82) is 0 Å². The molecule has 0 amide bonds. The van der Waals surface area contributed by atoms with E-state index in [1.165, 1.54) is 25.7 Å². The van der Waals surface area contributed by atoms with Crippen molar-refractivity contribution in [3.63, 3.8) is 0 Å². The van der Waals surface area contributed by atoms with Crippen LogP contribution in [0.2, 0.25) is 0 Å². The van der Waals surface area contributed by atoms with Gasteiger partial charge in [-0.15, -0.1) is 0 Å². The van der Waals surface area contributed by atoms with Crippen LogP contribution in [0.1, 0.15) is 64.7 Å². The second kappa shape index (κ2) is 11.4. The minimum atomic E-state index is -0.599. The van der Waals surface area contributed by atoms with E-state index in [9.17, 15) is 5.11 Å². The highest BCUT2D eigenvalue weighted by Crippen LogP contribution is 2.11. The normalized spacial score (nSPS) is 15.0. The lowest BCUT2D eigenvalue weighted by Gasteiger charge is -2.12. The lowest BCUT2D eigenvalue weighted by molar-refractivity contribution is 0.0247. The molecule has 0 aliphatic carbocycles. The maximum Gasteiger partial charge on any atom is 0.0796 e. The third-order valence-corrected chi connectivity index (χ3v) is 2.96. The number of aliphatic hydroxyl groups is 3. The van der Waals surface area contributed by atoms with Crippen molar-refractivity contribution in [2.45, 2.75) is 76.9 Å². The molecule has 0 aromatic carbocycles. The van der Waals surface area contributed by atoms with Crippen molar-refractivity contribution in [2.24, 2.45) is 0 Å². The summed E-state index contributed by atoms with van der Waals surface area (Å²) in [6.07, 6.45) is 8.70. The molecule has 0 saturated carbocycles. The molecule has 3 N–H and O–H groups in total. The Morgan fingerprint density at radius 3 is 1.62 bits per heavy atom. The van der Waals surface area contributed by atoms with Crippen LogP contribution in [0.3, 0.4) is 0 Å². The van der Waals surface area contributed by atoms with E-state index in [0.29, 0.717) is 13.0 Å². The first-order valence-corrected chi connectivity index (χ1v) is 6.65. The predicted octanol–water partition coefficient (Wildman–Crippen LogP) is 2.23. The largest absolute Gasteiger partial charge is 0.396 e. The maximum absolute atomic E-state index is 9.35. The number of hydrogen-bond acceptors (Lipinski definition) is 3. The lowest BCUT2D eigenvalue weighted by atomic mass is 10.0. The Labute approximate surface area is 99.5 Å². The van der Waals surface area contributed by atoms with Crippen molar-refractivity contribution < 1.29 is 15.3 Å². The fraction of sp³-hybridized carbons (Fsp3) is 1.00. The molecular formula is C13H28O3. The van der Waals surface area contributed by atoms with Gasteiger partial charge in [0.1, 0.15) is 0 Å². The van der Waals surface area contributed by atoms with Gasteiger partial charge in [-0.05, 0) is 19.8 Å². The summed E-state index contributed by atoms with van der Waals surface area (Å²) in [7, 11) is 0. The van der Waals surface area contributed by atoms with E-state index in [2.05, 4.69) is 0 Å². The zero-order valence-electron chi connectivity index (χ0n) is 10.6. The van der Waals surface area contributed by atoms with Gasteiger partial charge >= 0.3 is 0 Å². The smallest absolute Gasteiger partial charge is 0.0796 e. The van der Waals surface area contributed by atoms with Crippen LogP contribution in [0.15, 0.2) is 0 Å². The monoisotopic (exact) mass is 232 g/mol. The molecule has 0 aromatic heterocycles. The fourth-order valence-corrected chi connectivity index (χ4v) is 1.77. The summed E-state index contributed by atoms with van der Waals surface area (Å²) in [4.78, 5) is 0. The summed E-state index contributed by atoms with van der Waals surface area (Å²) < 4.78 is 0. The van der Waals surface area contributed by atoms with Crippen LogP contribution in [0.25, 0.3) is 0 Å². The van der Waals surface area contributed by atoms with E-state index in [1.54, 1.807) is 6.92 Å². The molecule has 0 aromatic rings. The highest BCUT2D eigenvalue weighted by atomic mass is 16.3. The fourth-order valence-electron chi connectivity index (χ4n) is 1.77. The molecule has 3 heteroatoms. The number of unbranched alkanes of at least 4 members (excludes halogenated alkanes) is 7. The zero-order valence-corrected chi connectivity index (χ0v) is 10.6. The summed E-state index contributed by atoms with van der Waals surface area (Å²) in [5.41, 5.74) is 0. The quantitative estimate of drug-likeness (QED) is 0.479. The van der Waals surface area contributed by atoms with Gasteiger partial charge in [-0.1, -0.05) is 44.9 Å². The Bertz CT molecular complexity index is 137. The van der Waals surface area contributed by atoms with Gasteiger partial charge in [0.15, 0.2) is 0 Å². The third kappa shape index (κ3) is 10.4. The summed E-state index contributed by atoms with van der Waals surface area (Å²) in [6.45, 7) is 1.95. The van der Waals surface area contributed by atoms with Crippen LogP contribution in [0.5, 0.6) is 0 Å². The average molecular weight is 232 g/mol. The van der Waals surface area contributed by atoms with E-state index in [1.807, 2.05) is 0 Å². The average Bonchev–Trinajstić information content (AvgIpc) is 2.26. The van der Waals surface area contributed by atoms with Gasteiger partial charge in [-0.2, -0.15) is 0 Å². The van der Waals surface area contributed by atoms with Gasteiger partial charge in [-0.3, -0.25) is 0 Å². The summed E-state index contributed by atoms with van der Waals surface area (Å²) >= 11 is 0. The van der Waals surface area contributed by atoms with Gasteiger partial charge in [0.05, 0.1) is 12.2 Å². The Balaban J connectivity index is 3.04. The van der Waals surface area contributed by atoms with Crippen molar-refractivity contribution in [1.82, 2.24) is 0 Å². The molecule has 0 saturated heterocycles. The van der Waals surface area contributed by atoms with Crippen molar-refractivity contribution in [3.8, 4) is 0 Å². The van der Waals surface area contributed by atoms with Gasteiger partial charge in [0, 0.05) is 6.61 Å². The standard InChI is InChI=1S/C13H28O3/c1-12(15)13(16)10-8-6-4-2-3-5-7-9-11-14/h12-16H,2-11H2,1H3. The Morgan fingerprint density at radius 1 is 0.750 bits per heavy atom. The van der Waals surface area contributed by atoms with Crippen LogP contribution in [-0.4, -0.2) is 34.1 Å². The number of rotatable bonds is 11. The molecule has 0 aliphatic heterocycles. The molecule has 0 rings (SSSR count). The van der Waals surface area contributed by atoms with Crippen LogP contribution < -0.4 is 0 Å². The van der Waals surface area contributed by atoms with E-state index in [-0.39, 0.29) is 0 Å². The Morgan fingerprint density at radius 2 is 1.19 bits per heavy atom. The molecule has 0 heterocycles. The Kier molecular flexibility index (Phi) is 11.3. The lowest BCUT2D eigenvalue weighted by Crippen LogP contribution is -2.21. The maximum atomic E-state index is 9.35. The molecule has 98 valence electrons. The molecule has 0 bridgehead atoms. The van der Waals surface area contributed by atoms with Gasteiger partial charge in [0.2, 0.25) is 0 Å².